The lowest BCUT2D eigenvalue weighted by Gasteiger charge is -2.39. The molecule has 0 aromatic heterocycles. The molecule has 1 aliphatic heterocycles. The van der Waals surface area contributed by atoms with Gasteiger partial charge in [0, 0.05) is 36.2 Å². The number of nitrogens with zero attached hydrogens (tertiary/aromatic N) is 1. The average Bonchev–Trinajstić information content (AvgIpc) is 2.47. The molecule has 1 aliphatic rings. The van der Waals surface area contributed by atoms with Gasteiger partial charge in [0.2, 0.25) is 0 Å². The fraction of sp³-hybridized carbons (Fsp3) is 0.625. The third kappa shape index (κ3) is 4.47. The zero-order valence-corrected chi connectivity index (χ0v) is 14.0. The predicted octanol–water partition coefficient (Wildman–Crippen LogP) is 3.29. The minimum atomic E-state index is 0.628. The number of nitrogens with one attached hydrogen (secondary N) is 1. The summed E-state index contributed by atoms with van der Waals surface area (Å²) < 4.78 is 6.92. The van der Waals surface area contributed by atoms with E-state index >= 15 is 0 Å². The van der Waals surface area contributed by atoms with Crippen LogP contribution in [-0.4, -0.2) is 43.2 Å². The first kappa shape index (κ1) is 15.8. The summed E-state index contributed by atoms with van der Waals surface area (Å²) in [6, 6.07) is 9.32. The third-order valence-corrected chi connectivity index (χ3v) is 4.51. The zero-order valence-electron chi connectivity index (χ0n) is 12.4. The molecule has 1 N–H and O–H groups in total. The zero-order chi connectivity index (χ0) is 14.4. The summed E-state index contributed by atoms with van der Waals surface area (Å²) in [7, 11) is 0. The van der Waals surface area contributed by atoms with E-state index in [2.05, 4.69) is 40.0 Å². The maximum absolute atomic E-state index is 5.86. The molecule has 2 atom stereocenters. The van der Waals surface area contributed by atoms with Crippen molar-refractivity contribution in [2.45, 2.75) is 38.8 Å². The molecule has 2 unspecified atom stereocenters. The van der Waals surface area contributed by atoms with E-state index in [1.54, 1.807) is 0 Å². The van der Waals surface area contributed by atoms with E-state index < -0.39 is 0 Å². The van der Waals surface area contributed by atoms with Crippen molar-refractivity contribution in [3.63, 3.8) is 0 Å². The molecule has 0 bridgehead atoms. The van der Waals surface area contributed by atoms with Gasteiger partial charge in [-0.3, -0.25) is 4.90 Å². The molecule has 2 rings (SSSR count). The molecule has 1 aromatic carbocycles. The Hall–Kier alpha value is -0.580. The van der Waals surface area contributed by atoms with Crippen LogP contribution in [-0.2, 0) is 0 Å². The lowest BCUT2D eigenvalue weighted by atomic mass is 10.1. The van der Waals surface area contributed by atoms with E-state index in [1.807, 2.05) is 24.3 Å². The van der Waals surface area contributed by atoms with Gasteiger partial charge < -0.3 is 10.1 Å². The minimum Gasteiger partial charge on any atom is -0.492 e. The number of halogens is 1. The van der Waals surface area contributed by atoms with Crippen molar-refractivity contribution in [2.24, 2.45) is 0 Å². The molecule has 0 aliphatic carbocycles. The van der Waals surface area contributed by atoms with Crippen LogP contribution in [0.5, 0.6) is 5.75 Å². The third-order valence-electron chi connectivity index (χ3n) is 4.02. The van der Waals surface area contributed by atoms with Crippen LogP contribution >= 0.6 is 15.9 Å². The minimum absolute atomic E-state index is 0.628. The van der Waals surface area contributed by atoms with Crippen LogP contribution in [0.25, 0.3) is 0 Å². The van der Waals surface area contributed by atoms with Crippen LogP contribution < -0.4 is 10.1 Å². The van der Waals surface area contributed by atoms with Crippen molar-refractivity contribution in [3.8, 4) is 5.75 Å². The number of hydrogen-bond acceptors (Lipinski definition) is 3. The van der Waals surface area contributed by atoms with Gasteiger partial charge in [-0.25, -0.2) is 0 Å². The summed E-state index contributed by atoms with van der Waals surface area (Å²) in [5.74, 6) is 0.939. The number of rotatable bonds is 6. The van der Waals surface area contributed by atoms with Crippen molar-refractivity contribution < 1.29 is 4.74 Å². The lowest BCUT2D eigenvalue weighted by Crippen LogP contribution is -2.56. The Kier molecular flexibility index (Phi) is 6.33. The van der Waals surface area contributed by atoms with Gasteiger partial charge in [0.25, 0.3) is 0 Å². The molecule has 0 saturated carbocycles. The van der Waals surface area contributed by atoms with E-state index in [4.69, 9.17) is 4.74 Å². The summed E-state index contributed by atoms with van der Waals surface area (Å²) in [6.45, 7) is 8.51. The van der Waals surface area contributed by atoms with E-state index in [9.17, 15) is 0 Å². The van der Waals surface area contributed by atoms with Gasteiger partial charge in [0.1, 0.15) is 12.4 Å². The van der Waals surface area contributed by atoms with Crippen molar-refractivity contribution in [1.82, 2.24) is 10.2 Å². The van der Waals surface area contributed by atoms with Gasteiger partial charge in [-0.15, -0.1) is 0 Å². The lowest BCUT2D eigenvalue weighted by molar-refractivity contribution is 0.105. The van der Waals surface area contributed by atoms with Crippen molar-refractivity contribution in [2.75, 3.05) is 26.2 Å². The van der Waals surface area contributed by atoms with Crippen LogP contribution in [0.2, 0.25) is 0 Å². The summed E-state index contributed by atoms with van der Waals surface area (Å²) in [6.07, 6.45) is 2.39. The summed E-state index contributed by atoms with van der Waals surface area (Å²) in [5.41, 5.74) is 0. The van der Waals surface area contributed by atoms with Crippen LogP contribution in [0.15, 0.2) is 28.7 Å². The molecule has 4 heteroatoms. The van der Waals surface area contributed by atoms with E-state index in [0.717, 1.165) is 36.5 Å². The monoisotopic (exact) mass is 340 g/mol. The van der Waals surface area contributed by atoms with Crippen molar-refractivity contribution >= 4 is 15.9 Å². The van der Waals surface area contributed by atoms with Crippen molar-refractivity contribution in [1.29, 1.82) is 0 Å². The molecular formula is C16H25BrN2O. The van der Waals surface area contributed by atoms with Crippen molar-refractivity contribution in [3.05, 3.63) is 28.7 Å². The van der Waals surface area contributed by atoms with Crippen LogP contribution in [0, 0.1) is 0 Å². The molecule has 1 fully saturated rings. The maximum atomic E-state index is 5.86. The van der Waals surface area contributed by atoms with Gasteiger partial charge in [0.15, 0.2) is 0 Å². The van der Waals surface area contributed by atoms with Gasteiger partial charge in [-0.2, -0.15) is 0 Å². The Balaban J connectivity index is 1.81. The number of hydrogen-bond donors (Lipinski definition) is 1. The normalized spacial score (nSPS) is 23.8. The predicted molar refractivity (Wildman–Crippen MR) is 87.4 cm³/mol. The number of piperazine rings is 1. The molecule has 112 valence electrons. The van der Waals surface area contributed by atoms with Crippen LogP contribution in [0.3, 0.4) is 0 Å². The molecule has 0 amide bonds. The first-order chi connectivity index (χ1) is 9.72. The second-order valence-corrected chi connectivity index (χ2v) is 6.29. The maximum Gasteiger partial charge on any atom is 0.120 e. The Morgan fingerprint density at radius 3 is 2.90 bits per heavy atom. The number of ether oxygens (including phenoxy) is 1. The topological polar surface area (TPSA) is 24.5 Å². The summed E-state index contributed by atoms with van der Waals surface area (Å²) >= 11 is 3.47. The fourth-order valence-electron chi connectivity index (χ4n) is 2.72. The fourth-order valence-corrected chi connectivity index (χ4v) is 3.09. The molecule has 0 spiro atoms. The molecular weight excluding hydrogens is 316 g/mol. The Bertz CT molecular complexity index is 413. The Morgan fingerprint density at radius 1 is 1.35 bits per heavy atom. The summed E-state index contributed by atoms with van der Waals surface area (Å²) in [4.78, 5) is 2.57. The van der Waals surface area contributed by atoms with Gasteiger partial charge in [-0.05, 0) is 31.0 Å². The smallest absolute Gasteiger partial charge is 0.120 e. The van der Waals surface area contributed by atoms with E-state index in [1.165, 1.54) is 12.8 Å². The highest BCUT2D eigenvalue weighted by Gasteiger charge is 2.25. The highest BCUT2D eigenvalue weighted by atomic mass is 79.9. The molecule has 0 radical (unpaired) electrons. The molecule has 20 heavy (non-hydrogen) atoms. The number of benzene rings is 1. The van der Waals surface area contributed by atoms with Crippen LogP contribution in [0.4, 0.5) is 0 Å². The highest BCUT2D eigenvalue weighted by Crippen LogP contribution is 2.18. The first-order valence-corrected chi connectivity index (χ1v) is 8.38. The first-order valence-electron chi connectivity index (χ1n) is 7.58. The SMILES string of the molecule is CCC1CN(CCOc2cccc(Br)c2)C(CC)CN1. The average molecular weight is 341 g/mol. The molecule has 3 nitrogen and oxygen atoms in total. The molecule has 1 aromatic rings. The quantitative estimate of drug-likeness (QED) is 0.859. The van der Waals surface area contributed by atoms with Gasteiger partial charge in [0.05, 0.1) is 0 Å². The van der Waals surface area contributed by atoms with E-state index in [-0.39, 0.29) is 0 Å². The Morgan fingerprint density at radius 2 is 2.20 bits per heavy atom. The van der Waals surface area contributed by atoms with E-state index in [0.29, 0.717) is 12.1 Å². The molecule has 1 saturated heterocycles. The second kappa shape index (κ2) is 8.01. The largest absolute Gasteiger partial charge is 0.492 e. The second-order valence-electron chi connectivity index (χ2n) is 5.38. The Labute approximate surface area is 130 Å². The van der Waals surface area contributed by atoms with Crippen LogP contribution in [0.1, 0.15) is 26.7 Å². The van der Waals surface area contributed by atoms with Gasteiger partial charge >= 0.3 is 0 Å². The van der Waals surface area contributed by atoms with Gasteiger partial charge in [-0.1, -0.05) is 35.8 Å². The highest BCUT2D eigenvalue weighted by molar-refractivity contribution is 9.10. The molecule has 1 heterocycles. The summed E-state index contributed by atoms with van der Waals surface area (Å²) in [5, 5.41) is 3.63. The standard InChI is InChI=1S/C16H25BrN2O/c1-3-14-12-19(15(4-2)11-18-14)8-9-20-16-7-5-6-13(17)10-16/h5-7,10,14-15,18H,3-4,8-9,11-12H2,1-2H3.